The summed E-state index contributed by atoms with van der Waals surface area (Å²) in [5, 5.41) is 4.50. The largest absolute Gasteiger partial charge is 0.289 e. The minimum atomic E-state index is 0.739. The molecule has 0 aromatic carbocycles. The molecule has 0 bridgehead atoms. The number of aromatic nitrogens is 3. The number of hydrogen-bond donors (Lipinski definition) is 0. The van der Waals surface area contributed by atoms with E-state index >= 15 is 0 Å². The minimum absolute atomic E-state index is 0.739. The topological polar surface area (TPSA) is 34.0 Å². The number of pyridine rings is 1. The highest BCUT2D eigenvalue weighted by Gasteiger charge is 2.10. The molecular formula is C17H22N4. The van der Waals surface area contributed by atoms with Gasteiger partial charge >= 0.3 is 0 Å². The third kappa shape index (κ3) is 4.39. The molecule has 0 aliphatic heterocycles. The molecule has 0 aliphatic carbocycles. The Morgan fingerprint density at radius 1 is 1.24 bits per heavy atom. The van der Waals surface area contributed by atoms with Crippen molar-refractivity contribution >= 4 is 0 Å². The number of hydrogen-bond acceptors (Lipinski definition) is 3. The van der Waals surface area contributed by atoms with Crippen LogP contribution in [0.15, 0.2) is 55.9 Å². The van der Waals surface area contributed by atoms with Crippen molar-refractivity contribution in [3.05, 3.63) is 72.9 Å². The second kappa shape index (κ2) is 7.55. The van der Waals surface area contributed by atoms with Gasteiger partial charge in [0.15, 0.2) is 0 Å². The third-order valence-electron chi connectivity index (χ3n) is 3.26. The lowest BCUT2D eigenvalue weighted by Gasteiger charge is -2.19. The molecule has 110 valence electrons. The molecule has 0 saturated heterocycles. The summed E-state index contributed by atoms with van der Waals surface area (Å²) in [5.41, 5.74) is 3.36. The van der Waals surface area contributed by atoms with E-state index in [9.17, 15) is 0 Å². The first-order valence-electron chi connectivity index (χ1n) is 7.10. The quantitative estimate of drug-likeness (QED) is 0.698. The van der Waals surface area contributed by atoms with Crippen LogP contribution in [-0.2, 0) is 19.6 Å². The summed E-state index contributed by atoms with van der Waals surface area (Å²) in [7, 11) is 0. The standard InChI is InChI=1S/C17H22N4/c1-4-10-20(14-17-8-6-7-9-18-17)12-16-13-21(11-5-2)19-15(16)3/h4-9,13H,1-2,10-12,14H2,3H3. The van der Waals surface area contributed by atoms with Crippen molar-refractivity contribution in [2.24, 2.45) is 0 Å². The van der Waals surface area contributed by atoms with Crippen LogP contribution < -0.4 is 0 Å². The maximum Gasteiger partial charge on any atom is 0.0638 e. The fraction of sp³-hybridized carbons (Fsp3) is 0.294. The van der Waals surface area contributed by atoms with Crippen LogP contribution in [0.1, 0.15) is 17.0 Å². The Morgan fingerprint density at radius 2 is 2.10 bits per heavy atom. The van der Waals surface area contributed by atoms with Crippen LogP contribution in [0.25, 0.3) is 0 Å². The second-order valence-corrected chi connectivity index (χ2v) is 5.03. The molecule has 0 fully saturated rings. The molecule has 0 spiro atoms. The molecule has 0 N–H and O–H groups in total. The number of aryl methyl sites for hydroxylation is 1. The highest BCUT2D eigenvalue weighted by molar-refractivity contribution is 5.16. The normalized spacial score (nSPS) is 10.8. The van der Waals surface area contributed by atoms with E-state index in [-0.39, 0.29) is 0 Å². The average Bonchev–Trinajstić information content (AvgIpc) is 2.81. The smallest absolute Gasteiger partial charge is 0.0638 e. The zero-order valence-electron chi connectivity index (χ0n) is 12.6. The van der Waals surface area contributed by atoms with Gasteiger partial charge < -0.3 is 0 Å². The van der Waals surface area contributed by atoms with Gasteiger partial charge in [0.2, 0.25) is 0 Å². The first kappa shape index (κ1) is 15.2. The van der Waals surface area contributed by atoms with Gasteiger partial charge in [0.25, 0.3) is 0 Å². The lowest BCUT2D eigenvalue weighted by Crippen LogP contribution is -2.23. The molecule has 0 aliphatic rings. The van der Waals surface area contributed by atoms with E-state index in [1.54, 1.807) is 0 Å². The Hall–Kier alpha value is -2.20. The zero-order chi connectivity index (χ0) is 15.1. The molecule has 0 atom stereocenters. The molecule has 0 radical (unpaired) electrons. The molecular weight excluding hydrogens is 260 g/mol. The van der Waals surface area contributed by atoms with E-state index in [0.717, 1.165) is 37.6 Å². The maximum absolute atomic E-state index is 4.50. The van der Waals surface area contributed by atoms with E-state index in [1.807, 2.05) is 48.2 Å². The summed E-state index contributed by atoms with van der Waals surface area (Å²) < 4.78 is 1.92. The lowest BCUT2D eigenvalue weighted by molar-refractivity contribution is 0.282. The molecule has 4 heteroatoms. The van der Waals surface area contributed by atoms with Gasteiger partial charge in [0.05, 0.1) is 17.9 Å². The van der Waals surface area contributed by atoms with Gasteiger partial charge in [-0.2, -0.15) is 5.10 Å². The first-order chi connectivity index (χ1) is 10.2. The lowest BCUT2D eigenvalue weighted by atomic mass is 10.2. The van der Waals surface area contributed by atoms with Crippen LogP contribution in [-0.4, -0.2) is 26.2 Å². The van der Waals surface area contributed by atoms with Crippen molar-refractivity contribution in [3.63, 3.8) is 0 Å². The number of nitrogens with zero attached hydrogens (tertiary/aromatic N) is 4. The average molecular weight is 282 g/mol. The van der Waals surface area contributed by atoms with E-state index < -0.39 is 0 Å². The van der Waals surface area contributed by atoms with Crippen molar-refractivity contribution < 1.29 is 0 Å². The van der Waals surface area contributed by atoms with Crippen molar-refractivity contribution in [3.8, 4) is 0 Å². The van der Waals surface area contributed by atoms with E-state index in [1.165, 1.54) is 5.56 Å². The molecule has 21 heavy (non-hydrogen) atoms. The molecule has 2 heterocycles. The Balaban J connectivity index is 2.08. The van der Waals surface area contributed by atoms with Crippen molar-refractivity contribution in [2.45, 2.75) is 26.6 Å². The van der Waals surface area contributed by atoms with E-state index in [4.69, 9.17) is 0 Å². The van der Waals surface area contributed by atoms with Crippen LogP contribution in [0.4, 0.5) is 0 Å². The van der Waals surface area contributed by atoms with Crippen LogP contribution in [0, 0.1) is 6.92 Å². The summed E-state index contributed by atoms with van der Waals surface area (Å²) in [4.78, 5) is 6.69. The Morgan fingerprint density at radius 3 is 2.76 bits per heavy atom. The van der Waals surface area contributed by atoms with Gasteiger partial charge in [-0.15, -0.1) is 13.2 Å². The second-order valence-electron chi connectivity index (χ2n) is 5.03. The molecule has 4 nitrogen and oxygen atoms in total. The fourth-order valence-corrected chi connectivity index (χ4v) is 2.27. The summed E-state index contributed by atoms with van der Waals surface area (Å²) in [6.45, 7) is 12.8. The monoisotopic (exact) mass is 282 g/mol. The fourth-order valence-electron chi connectivity index (χ4n) is 2.27. The van der Waals surface area contributed by atoms with Crippen LogP contribution in [0.2, 0.25) is 0 Å². The van der Waals surface area contributed by atoms with Crippen LogP contribution in [0.5, 0.6) is 0 Å². The Kier molecular flexibility index (Phi) is 5.46. The Labute approximate surface area is 126 Å². The van der Waals surface area contributed by atoms with Crippen molar-refractivity contribution in [1.29, 1.82) is 0 Å². The zero-order valence-corrected chi connectivity index (χ0v) is 12.6. The van der Waals surface area contributed by atoms with Gasteiger partial charge in [-0.05, 0) is 19.1 Å². The van der Waals surface area contributed by atoms with E-state index in [0.29, 0.717) is 0 Å². The van der Waals surface area contributed by atoms with E-state index in [2.05, 4.69) is 34.3 Å². The van der Waals surface area contributed by atoms with Gasteiger partial charge in [-0.1, -0.05) is 18.2 Å². The highest BCUT2D eigenvalue weighted by Crippen LogP contribution is 2.12. The molecule has 0 amide bonds. The highest BCUT2D eigenvalue weighted by atomic mass is 15.3. The first-order valence-corrected chi connectivity index (χ1v) is 7.10. The summed E-state index contributed by atoms with van der Waals surface area (Å²) in [6, 6.07) is 6.00. The minimum Gasteiger partial charge on any atom is -0.289 e. The van der Waals surface area contributed by atoms with Gasteiger partial charge in [0, 0.05) is 37.6 Å². The molecule has 0 unspecified atom stereocenters. The van der Waals surface area contributed by atoms with Crippen LogP contribution >= 0.6 is 0 Å². The number of rotatable bonds is 8. The molecule has 2 aromatic rings. The third-order valence-corrected chi connectivity index (χ3v) is 3.26. The van der Waals surface area contributed by atoms with Gasteiger partial charge in [-0.3, -0.25) is 14.6 Å². The van der Waals surface area contributed by atoms with Crippen LogP contribution in [0.3, 0.4) is 0 Å². The van der Waals surface area contributed by atoms with Gasteiger partial charge in [0.1, 0.15) is 0 Å². The van der Waals surface area contributed by atoms with Gasteiger partial charge in [-0.25, -0.2) is 0 Å². The molecule has 0 saturated carbocycles. The summed E-state index contributed by atoms with van der Waals surface area (Å²) in [5.74, 6) is 0. The SMILES string of the molecule is C=CCN(Cc1ccccn1)Cc1cn(CC=C)nc1C. The molecule has 2 aromatic heterocycles. The molecule has 2 rings (SSSR count). The summed E-state index contributed by atoms with van der Waals surface area (Å²) in [6.07, 6.45) is 7.69. The van der Waals surface area contributed by atoms with Crippen molar-refractivity contribution in [2.75, 3.05) is 6.54 Å². The maximum atomic E-state index is 4.50. The predicted octanol–water partition coefficient (Wildman–Crippen LogP) is 2.96. The predicted molar refractivity (Wildman–Crippen MR) is 85.7 cm³/mol. The Bertz CT molecular complexity index is 586. The summed E-state index contributed by atoms with van der Waals surface area (Å²) >= 11 is 0. The van der Waals surface area contributed by atoms with Crippen molar-refractivity contribution in [1.82, 2.24) is 19.7 Å². The number of allylic oxidation sites excluding steroid dienone is 1.